The number of nitrogens with zero attached hydrogens (tertiary/aromatic N) is 3. The van der Waals surface area contributed by atoms with E-state index in [0.29, 0.717) is 16.4 Å². The lowest BCUT2D eigenvalue weighted by molar-refractivity contribution is -0.113. The van der Waals surface area contributed by atoms with Gasteiger partial charge in [-0.2, -0.15) is 5.26 Å². The van der Waals surface area contributed by atoms with E-state index in [2.05, 4.69) is 21.4 Å². The third-order valence-corrected chi connectivity index (χ3v) is 4.40. The van der Waals surface area contributed by atoms with E-state index >= 15 is 0 Å². The number of nitriles is 1. The average molecular weight is 310 g/mol. The fraction of sp³-hybridized carbons (Fsp3) is 0.250. The molecule has 3 rings (SSSR count). The lowest BCUT2D eigenvalue weighted by Crippen LogP contribution is -2.15. The number of aromatic nitrogens is 2. The molecule has 6 heteroatoms. The summed E-state index contributed by atoms with van der Waals surface area (Å²) in [6, 6.07) is 9.42. The summed E-state index contributed by atoms with van der Waals surface area (Å²) in [6.45, 7) is 0. The van der Waals surface area contributed by atoms with Gasteiger partial charge in [0.1, 0.15) is 16.9 Å². The van der Waals surface area contributed by atoms with Crippen molar-refractivity contribution in [1.82, 2.24) is 9.97 Å². The number of carbonyl (C=O) groups excluding carboxylic acids is 1. The molecule has 1 aliphatic carbocycles. The quantitative estimate of drug-likeness (QED) is 0.878. The van der Waals surface area contributed by atoms with Gasteiger partial charge >= 0.3 is 0 Å². The first-order valence-corrected chi connectivity index (χ1v) is 8.01. The van der Waals surface area contributed by atoms with Crippen molar-refractivity contribution < 1.29 is 4.79 Å². The van der Waals surface area contributed by atoms with E-state index in [-0.39, 0.29) is 11.7 Å². The van der Waals surface area contributed by atoms with Crippen molar-refractivity contribution >= 4 is 23.5 Å². The van der Waals surface area contributed by atoms with Crippen LogP contribution in [-0.2, 0) is 17.6 Å². The Labute approximate surface area is 132 Å². The molecule has 2 aromatic rings. The largest absolute Gasteiger partial charge is 0.310 e. The summed E-state index contributed by atoms with van der Waals surface area (Å²) in [5.41, 5.74) is 2.78. The Hall–Kier alpha value is -2.39. The fourth-order valence-corrected chi connectivity index (χ4v) is 3.17. The molecular weight excluding hydrogens is 296 g/mol. The number of pyridine rings is 2. The number of rotatable bonds is 4. The Morgan fingerprint density at radius 1 is 1.41 bits per heavy atom. The third-order valence-electron chi connectivity index (χ3n) is 3.41. The standard InChI is InChI=1S/C16H14N4OS/c17-9-12-8-11-4-3-5-13(11)19-16(12)22-10-15(21)20-14-6-1-2-7-18-14/h1-2,6-8H,3-5,10H2,(H,18,20,21). The molecule has 0 saturated carbocycles. The molecule has 0 aliphatic heterocycles. The van der Waals surface area contributed by atoms with Crippen LogP contribution in [0.2, 0.25) is 0 Å². The Morgan fingerprint density at radius 2 is 2.32 bits per heavy atom. The highest BCUT2D eigenvalue weighted by Gasteiger charge is 2.17. The number of fused-ring (bicyclic) bond motifs is 1. The third kappa shape index (κ3) is 3.26. The molecule has 110 valence electrons. The molecule has 0 aromatic carbocycles. The minimum atomic E-state index is -0.158. The molecule has 5 nitrogen and oxygen atoms in total. The SMILES string of the molecule is N#Cc1cc2c(nc1SCC(=O)Nc1ccccn1)CCC2. The second-order valence-corrected chi connectivity index (χ2v) is 5.93. The number of aryl methyl sites for hydroxylation is 2. The van der Waals surface area contributed by atoms with E-state index in [0.717, 1.165) is 25.0 Å². The van der Waals surface area contributed by atoms with Gasteiger partial charge in [0.15, 0.2) is 0 Å². The Balaban J connectivity index is 1.66. The zero-order chi connectivity index (χ0) is 15.4. The molecule has 0 fully saturated rings. The Morgan fingerprint density at radius 3 is 3.09 bits per heavy atom. The van der Waals surface area contributed by atoms with Crippen molar-refractivity contribution in [3.63, 3.8) is 0 Å². The number of hydrogen-bond acceptors (Lipinski definition) is 5. The molecule has 22 heavy (non-hydrogen) atoms. The van der Waals surface area contributed by atoms with E-state index in [1.807, 2.05) is 12.1 Å². The maximum Gasteiger partial charge on any atom is 0.235 e. The van der Waals surface area contributed by atoms with E-state index < -0.39 is 0 Å². The van der Waals surface area contributed by atoms with Gasteiger partial charge in [-0.15, -0.1) is 0 Å². The van der Waals surface area contributed by atoms with Crippen molar-refractivity contribution in [1.29, 1.82) is 5.26 Å². The number of amides is 1. The average Bonchev–Trinajstić information content (AvgIpc) is 3.00. The number of carbonyl (C=O) groups is 1. The molecule has 0 unspecified atom stereocenters. The minimum absolute atomic E-state index is 0.158. The zero-order valence-electron chi connectivity index (χ0n) is 11.9. The van der Waals surface area contributed by atoms with Crippen molar-refractivity contribution in [2.45, 2.75) is 24.3 Å². The smallest absolute Gasteiger partial charge is 0.235 e. The molecule has 0 spiro atoms. The summed E-state index contributed by atoms with van der Waals surface area (Å²) >= 11 is 1.29. The van der Waals surface area contributed by atoms with Crippen LogP contribution in [0.3, 0.4) is 0 Å². The van der Waals surface area contributed by atoms with Crippen LogP contribution in [0.25, 0.3) is 0 Å². The van der Waals surface area contributed by atoms with Crippen LogP contribution in [0.15, 0.2) is 35.5 Å². The van der Waals surface area contributed by atoms with Crippen LogP contribution in [0.1, 0.15) is 23.2 Å². The molecule has 0 bridgehead atoms. The highest BCUT2D eigenvalue weighted by atomic mass is 32.2. The summed E-state index contributed by atoms with van der Waals surface area (Å²) in [5, 5.41) is 12.6. The highest BCUT2D eigenvalue weighted by Crippen LogP contribution is 2.27. The van der Waals surface area contributed by atoms with Crippen LogP contribution in [0.5, 0.6) is 0 Å². The molecule has 2 aromatic heterocycles. The normalized spacial score (nSPS) is 12.5. The molecule has 2 heterocycles. The van der Waals surface area contributed by atoms with Gasteiger partial charge in [-0.25, -0.2) is 9.97 Å². The Kier molecular flexibility index (Phi) is 4.35. The van der Waals surface area contributed by atoms with Gasteiger partial charge in [0.25, 0.3) is 0 Å². The first-order valence-electron chi connectivity index (χ1n) is 7.03. The lowest BCUT2D eigenvalue weighted by atomic mass is 10.2. The number of anilines is 1. The van der Waals surface area contributed by atoms with Gasteiger partial charge in [0, 0.05) is 11.9 Å². The molecule has 1 amide bonds. The highest BCUT2D eigenvalue weighted by molar-refractivity contribution is 8.00. The molecular formula is C16H14N4OS. The molecule has 1 aliphatic rings. The van der Waals surface area contributed by atoms with Crippen LogP contribution in [0, 0.1) is 11.3 Å². The monoisotopic (exact) mass is 310 g/mol. The number of nitrogens with one attached hydrogen (secondary N) is 1. The van der Waals surface area contributed by atoms with Gasteiger partial charge in [0.2, 0.25) is 5.91 Å². The van der Waals surface area contributed by atoms with E-state index in [4.69, 9.17) is 0 Å². The molecule has 1 N–H and O–H groups in total. The second kappa shape index (κ2) is 6.58. The summed E-state index contributed by atoms with van der Waals surface area (Å²) in [5.74, 6) is 0.572. The number of hydrogen-bond donors (Lipinski definition) is 1. The van der Waals surface area contributed by atoms with Crippen LogP contribution in [-0.4, -0.2) is 21.6 Å². The first-order chi connectivity index (χ1) is 10.8. The fourth-order valence-electron chi connectivity index (χ4n) is 2.39. The van der Waals surface area contributed by atoms with Crippen LogP contribution < -0.4 is 5.32 Å². The first kappa shape index (κ1) is 14.5. The van der Waals surface area contributed by atoms with E-state index in [1.54, 1.807) is 18.3 Å². The summed E-state index contributed by atoms with van der Waals surface area (Å²) < 4.78 is 0. The van der Waals surface area contributed by atoms with E-state index in [1.165, 1.54) is 17.3 Å². The van der Waals surface area contributed by atoms with Crippen molar-refractivity contribution in [2.24, 2.45) is 0 Å². The summed E-state index contributed by atoms with van der Waals surface area (Å²) in [6.07, 6.45) is 4.65. The predicted octanol–water partition coefficient (Wildman–Crippen LogP) is 2.57. The molecule has 0 atom stereocenters. The number of thioether (sulfide) groups is 1. The van der Waals surface area contributed by atoms with Gasteiger partial charge in [-0.05, 0) is 43.0 Å². The molecule has 0 saturated heterocycles. The van der Waals surface area contributed by atoms with Crippen molar-refractivity contribution in [3.8, 4) is 6.07 Å². The van der Waals surface area contributed by atoms with Crippen molar-refractivity contribution in [2.75, 3.05) is 11.1 Å². The van der Waals surface area contributed by atoms with Crippen LogP contribution in [0.4, 0.5) is 5.82 Å². The maximum absolute atomic E-state index is 11.9. The van der Waals surface area contributed by atoms with Crippen molar-refractivity contribution in [3.05, 3.63) is 47.3 Å². The van der Waals surface area contributed by atoms with Gasteiger partial charge in [-0.3, -0.25) is 4.79 Å². The lowest BCUT2D eigenvalue weighted by Gasteiger charge is -2.07. The zero-order valence-corrected chi connectivity index (χ0v) is 12.7. The van der Waals surface area contributed by atoms with Gasteiger partial charge in [-0.1, -0.05) is 17.8 Å². The minimum Gasteiger partial charge on any atom is -0.310 e. The van der Waals surface area contributed by atoms with E-state index in [9.17, 15) is 10.1 Å². The van der Waals surface area contributed by atoms with Gasteiger partial charge in [0.05, 0.1) is 11.3 Å². The summed E-state index contributed by atoms with van der Waals surface area (Å²) in [4.78, 5) is 20.5. The second-order valence-electron chi connectivity index (χ2n) is 4.96. The topological polar surface area (TPSA) is 78.7 Å². The van der Waals surface area contributed by atoms with Gasteiger partial charge < -0.3 is 5.32 Å². The molecule has 0 radical (unpaired) electrons. The van der Waals surface area contributed by atoms with Crippen LogP contribution >= 0.6 is 11.8 Å². The Bertz CT molecular complexity index is 740. The maximum atomic E-state index is 11.9. The predicted molar refractivity (Wildman–Crippen MR) is 84.6 cm³/mol. The summed E-state index contributed by atoms with van der Waals surface area (Å²) in [7, 11) is 0.